The lowest BCUT2D eigenvalue weighted by Gasteiger charge is -2.08. The maximum Gasteiger partial charge on any atom is 0.0419 e. The summed E-state index contributed by atoms with van der Waals surface area (Å²) in [5.74, 6) is 6.20. The minimum atomic E-state index is 0.569. The molecule has 0 saturated heterocycles. The number of rotatable bonds is 2. The van der Waals surface area contributed by atoms with Crippen molar-refractivity contribution in [3.63, 3.8) is 0 Å². The predicted molar refractivity (Wildman–Crippen MR) is 43.3 cm³/mol. The van der Waals surface area contributed by atoms with Crippen molar-refractivity contribution < 1.29 is 0 Å². The van der Waals surface area contributed by atoms with Gasteiger partial charge in [-0.2, -0.15) is 0 Å². The number of aromatic nitrogens is 1. The van der Waals surface area contributed by atoms with Crippen LogP contribution in [0.15, 0.2) is 18.3 Å². The molecular weight excluding hydrogens is 124 g/mol. The molecular formula is C8H14N2. The van der Waals surface area contributed by atoms with Crippen LogP contribution in [0.1, 0.15) is 31.9 Å². The lowest BCUT2D eigenvalue weighted by Crippen LogP contribution is -2.12. The van der Waals surface area contributed by atoms with Crippen molar-refractivity contribution in [2.75, 3.05) is 5.84 Å². The van der Waals surface area contributed by atoms with Crippen LogP contribution in [0.2, 0.25) is 0 Å². The molecule has 0 spiro atoms. The molecule has 0 aliphatic carbocycles. The molecule has 0 aromatic carbocycles. The van der Waals surface area contributed by atoms with Crippen molar-refractivity contribution in [1.29, 1.82) is 0 Å². The van der Waals surface area contributed by atoms with Crippen LogP contribution < -0.4 is 5.84 Å². The van der Waals surface area contributed by atoms with Gasteiger partial charge in [0.2, 0.25) is 0 Å². The minimum absolute atomic E-state index is 0.569. The van der Waals surface area contributed by atoms with Crippen LogP contribution in [-0.4, -0.2) is 4.68 Å². The average molecular weight is 138 g/mol. The number of nitrogen functional groups attached to an aromatic ring is 1. The highest BCUT2D eigenvalue weighted by molar-refractivity contribution is 5.11. The van der Waals surface area contributed by atoms with E-state index in [1.165, 1.54) is 5.69 Å². The molecule has 0 saturated carbocycles. The van der Waals surface area contributed by atoms with E-state index >= 15 is 0 Å². The molecule has 1 heterocycles. The summed E-state index contributed by atoms with van der Waals surface area (Å²) in [6, 6.07) is 4.04. The van der Waals surface area contributed by atoms with Gasteiger partial charge in [-0.15, -0.1) is 0 Å². The summed E-state index contributed by atoms with van der Waals surface area (Å²) in [4.78, 5) is 0. The summed E-state index contributed by atoms with van der Waals surface area (Å²) < 4.78 is 1.69. The van der Waals surface area contributed by atoms with Crippen LogP contribution in [0.4, 0.5) is 0 Å². The van der Waals surface area contributed by atoms with Crippen LogP contribution in [0.25, 0.3) is 0 Å². The Hall–Kier alpha value is -0.920. The summed E-state index contributed by atoms with van der Waals surface area (Å²) in [6.07, 6.45) is 3.02. The van der Waals surface area contributed by atoms with E-state index in [1.807, 2.05) is 12.3 Å². The third kappa shape index (κ3) is 1.15. The van der Waals surface area contributed by atoms with Gasteiger partial charge in [0, 0.05) is 11.9 Å². The molecule has 2 nitrogen and oxygen atoms in total. The Balaban J connectivity index is 2.82. The SMILES string of the molecule is CCC(C)c1cccn1N. The van der Waals surface area contributed by atoms with Crippen LogP contribution in [0, 0.1) is 0 Å². The largest absolute Gasteiger partial charge is 0.339 e. The van der Waals surface area contributed by atoms with Gasteiger partial charge < -0.3 is 5.84 Å². The molecule has 0 aliphatic rings. The predicted octanol–water partition coefficient (Wildman–Crippen LogP) is 1.72. The van der Waals surface area contributed by atoms with Crippen molar-refractivity contribution in [2.45, 2.75) is 26.2 Å². The molecule has 2 heteroatoms. The molecule has 1 rings (SSSR count). The number of nitrogens with two attached hydrogens (primary N) is 1. The molecule has 56 valence electrons. The quantitative estimate of drug-likeness (QED) is 0.620. The number of hydrogen-bond donors (Lipinski definition) is 1. The molecule has 0 fully saturated rings. The van der Waals surface area contributed by atoms with Crippen molar-refractivity contribution in [3.05, 3.63) is 24.0 Å². The fraction of sp³-hybridized carbons (Fsp3) is 0.500. The molecule has 2 N–H and O–H groups in total. The van der Waals surface area contributed by atoms with E-state index in [1.54, 1.807) is 4.68 Å². The topological polar surface area (TPSA) is 30.9 Å². The fourth-order valence-corrected chi connectivity index (χ4v) is 1.03. The van der Waals surface area contributed by atoms with E-state index in [4.69, 9.17) is 5.84 Å². The van der Waals surface area contributed by atoms with Crippen LogP contribution in [0.5, 0.6) is 0 Å². The average Bonchev–Trinajstić information content (AvgIpc) is 2.34. The highest BCUT2D eigenvalue weighted by Crippen LogP contribution is 2.16. The van der Waals surface area contributed by atoms with E-state index in [-0.39, 0.29) is 0 Å². The first-order valence-corrected chi connectivity index (χ1v) is 3.68. The second-order valence-corrected chi connectivity index (χ2v) is 2.65. The molecule has 0 radical (unpaired) electrons. The van der Waals surface area contributed by atoms with Gasteiger partial charge in [0.25, 0.3) is 0 Å². The molecule has 1 unspecified atom stereocenters. The van der Waals surface area contributed by atoms with Crippen LogP contribution in [0.3, 0.4) is 0 Å². The molecule has 1 aromatic heterocycles. The smallest absolute Gasteiger partial charge is 0.0419 e. The molecule has 0 bridgehead atoms. The van der Waals surface area contributed by atoms with Gasteiger partial charge in [-0.1, -0.05) is 13.8 Å². The van der Waals surface area contributed by atoms with E-state index in [2.05, 4.69) is 19.9 Å². The van der Waals surface area contributed by atoms with Crippen LogP contribution in [-0.2, 0) is 0 Å². The second kappa shape index (κ2) is 2.78. The zero-order chi connectivity index (χ0) is 7.56. The number of nitrogens with zero attached hydrogens (tertiary/aromatic N) is 1. The van der Waals surface area contributed by atoms with Crippen molar-refractivity contribution >= 4 is 0 Å². The van der Waals surface area contributed by atoms with Crippen molar-refractivity contribution in [2.24, 2.45) is 0 Å². The first kappa shape index (κ1) is 7.19. The maximum absolute atomic E-state index is 5.63. The molecule has 1 aromatic rings. The standard InChI is InChI=1S/C8H14N2/c1-3-7(2)8-5-4-6-10(8)9/h4-7H,3,9H2,1-2H3. The van der Waals surface area contributed by atoms with Crippen LogP contribution >= 0.6 is 0 Å². The normalized spacial score (nSPS) is 13.4. The van der Waals surface area contributed by atoms with Gasteiger partial charge in [-0.3, -0.25) is 4.68 Å². The summed E-state index contributed by atoms with van der Waals surface area (Å²) in [6.45, 7) is 4.34. The van der Waals surface area contributed by atoms with Gasteiger partial charge in [0.15, 0.2) is 0 Å². The first-order valence-electron chi connectivity index (χ1n) is 3.68. The lowest BCUT2D eigenvalue weighted by molar-refractivity contribution is 0.680. The summed E-state index contributed by atoms with van der Waals surface area (Å²) in [5.41, 5.74) is 1.21. The summed E-state index contributed by atoms with van der Waals surface area (Å²) in [7, 11) is 0. The zero-order valence-corrected chi connectivity index (χ0v) is 6.54. The van der Waals surface area contributed by atoms with Crippen molar-refractivity contribution in [1.82, 2.24) is 4.68 Å². The summed E-state index contributed by atoms with van der Waals surface area (Å²) >= 11 is 0. The Labute approximate surface area is 61.6 Å². The Morgan fingerprint density at radius 3 is 2.80 bits per heavy atom. The van der Waals surface area contributed by atoms with Gasteiger partial charge in [0.1, 0.15) is 0 Å². The van der Waals surface area contributed by atoms with E-state index in [9.17, 15) is 0 Å². The Bertz CT molecular complexity index is 203. The van der Waals surface area contributed by atoms with Gasteiger partial charge in [-0.25, -0.2) is 0 Å². The van der Waals surface area contributed by atoms with E-state index < -0.39 is 0 Å². The minimum Gasteiger partial charge on any atom is -0.339 e. The maximum atomic E-state index is 5.63. The van der Waals surface area contributed by atoms with Gasteiger partial charge in [-0.05, 0) is 24.5 Å². The Kier molecular flexibility index (Phi) is 2.00. The van der Waals surface area contributed by atoms with Crippen molar-refractivity contribution in [3.8, 4) is 0 Å². The molecule has 0 aliphatic heterocycles. The van der Waals surface area contributed by atoms with Gasteiger partial charge >= 0.3 is 0 Å². The molecule has 10 heavy (non-hydrogen) atoms. The first-order chi connectivity index (χ1) is 4.75. The zero-order valence-electron chi connectivity index (χ0n) is 6.54. The number of hydrogen-bond acceptors (Lipinski definition) is 1. The van der Waals surface area contributed by atoms with E-state index in [0.717, 1.165) is 6.42 Å². The lowest BCUT2D eigenvalue weighted by atomic mass is 10.1. The third-order valence-corrected chi connectivity index (χ3v) is 1.93. The van der Waals surface area contributed by atoms with E-state index in [0.29, 0.717) is 5.92 Å². The molecule has 0 amide bonds. The Morgan fingerprint density at radius 1 is 1.70 bits per heavy atom. The Morgan fingerprint density at radius 2 is 2.40 bits per heavy atom. The highest BCUT2D eigenvalue weighted by Gasteiger charge is 2.04. The highest BCUT2D eigenvalue weighted by atomic mass is 15.3. The fourth-order valence-electron chi connectivity index (χ4n) is 1.03. The summed E-state index contributed by atoms with van der Waals surface area (Å²) in [5, 5.41) is 0. The monoisotopic (exact) mass is 138 g/mol. The second-order valence-electron chi connectivity index (χ2n) is 2.65. The van der Waals surface area contributed by atoms with Gasteiger partial charge in [0.05, 0.1) is 0 Å². The third-order valence-electron chi connectivity index (χ3n) is 1.93. The molecule has 1 atom stereocenters.